The summed E-state index contributed by atoms with van der Waals surface area (Å²) in [5, 5.41) is 0. The molecule has 1 aromatic rings. The van der Waals surface area contributed by atoms with Crippen molar-refractivity contribution < 1.29 is 14.3 Å². The van der Waals surface area contributed by atoms with E-state index in [0.29, 0.717) is 23.0 Å². The lowest BCUT2D eigenvalue weighted by atomic mass is 9.94. The largest absolute Gasteiger partial charge is 0.497 e. The number of Topliss-reactive ketones (excluding diaryl/α,β-unsaturated/α-hetero) is 1. The van der Waals surface area contributed by atoms with Gasteiger partial charge < -0.3 is 9.47 Å². The van der Waals surface area contributed by atoms with Gasteiger partial charge in [-0.2, -0.15) is 0 Å². The molecule has 0 heterocycles. The molecule has 1 aromatic carbocycles. The van der Waals surface area contributed by atoms with Gasteiger partial charge >= 0.3 is 0 Å². The second-order valence-corrected chi connectivity index (χ2v) is 5.25. The van der Waals surface area contributed by atoms with Crippen molar-refractivity contribution >= 4 is 5.78 Å². The van der Waals surface area contributed by atoms with Gasteiger partial charge in [0.2, 0.25) is 0 Å². The Bertz CT molecular complexity index is 431. The van der Waals surface area contributed by atoms with Crippen LogP contribution in [-0.4, -0.2) is 20.0 Å². The summed E-state index contributed by atoms with van der Waals surface area (Å²) in [6.45, 7) is 2.20. The minimum absolute atomic E-state index is 0.168. The van der Waals surface area contributed by atoms with Crippen LogP contribution in [-0.2, 0) is 0 Å². The molecule has 104 valence electrons. The fraction of sp³-hybridized carbons (Fsp3) is 0.562. The van der Waals surface area contributed by atoms with Gasteiger partial charge in [0.1, 0.15) is 11.5 Å². The normalized spacial score (nSPS) is 22.3. The molecule has 19 heavy (non-hydrogen) atoms. The molecule has 2 rings (SSSR count). The average molecular weight is 262 g/mol. The third-order valence-corrected chi connectivity index (χ3v) is 4.13. The maximum absolute atomic E-state index is 12.5. The van der Waals surface area contributed by atoms with E-state index in [-0.39, 0.29) is 11.7 Å². The number of hydrogen-bond donors (Lipinski definition) is 0. The Balaban J connectivity index is 2.19. The molecule has 0 saturated heterocycles. The molecule has 0 aromatic heterocycles. The number of ether oxygens (including phenoxy) is 2. The Labute approximate surface area is 114 Å². The van der Waals surface area contributed by atoms with Gasteiger partial charge in [-0.25, -0.2) is 0 Å². The summed E-state index contributed by atoms with van der Waals surface area (Å²) in [5.41, 5.74) is 0.706. The van der Waals surface area contributed by atoms with Crippen LogP contribution in [0.5, 0.6) is 11.5 Å². The average Bonchev–Trinajstić information content (AvgIpc) is 2.94. The number of benzene rings is 1. The summed E-state index contributed by atoms with van der Waals surface area (Å²) in [7, 11) is 3.21. The molecule has 0 N–H and O–H groups in total. The molecular weight excluding hydrogens is 240 g/mol. The minimum Gasteiger partial charge on any atom is -0.497 e. The molecular formula is C16H22O3. The molecule has 1 aliphatic rings. The van der Waals surface area contributed by atoms with Crippen molar-refractivity contribution in [2.24, 2.45) is 11.8 Å². The van der Waals surface area contributed by atoms with Gasteiger partial charge in [-0.05, 0) is 37.3 Å². The minimum atomic E-state index is 0.168. The van der Waals surface area contributed by atoms with Crippen LogP contribution in [0.15, 0.2) is 18.2 Å². The number of carbonyl (C=O) groups is 1. The second-order valence-electron chi connectivity index (χ2n) is 5.25. The van der Waals surface area contributed by atoms with Crippen molar-refractivity contribution in [3.8, 4) is 11.5 Å². The van der Waals surface area contributed by atoms with Gasteiger partial charge in [-0.3, -0.25) is 4.79 Å². The Morgan fingerprint density at radius 1 is 1.16 bits per heavy atom. The van der Waals surface area contributed by atoms with E-state index >= 15 is 0 Å². The molecule has 1 saturated carbocycles. The van der Waals surface area contributed by atoms with Gasteiger partial charge in [-0.1, -0.05) is 13.3 Å². The molecule has 1 fully saturated rings. The summed E-state index contributed by atoms with van der Waals surface area (Å²) in [6, 6.07) is 5.41. The number of ketones is 1. The summed E-state index contributed by atoms with van der Waals surface area (Å²) in [4.78, 5) is 12.5. The fourth-order valence-electron chi connectivity index (χ4n) is 2.87. The van der Waals surface area contributed by atoms with Gasteiger partial charge in [0.05, 0.1) is 14.2 Å². The maximum Gasteiger partial charge on any atom is 0.166 e. The Morgan fingerprint density at radius 3 is 2.26 bits per heavy atom. The van der Waals surface area contributed by atoms with Gasteiger partial charge in [0.15, 0.2) is 5.78 Å². The zero-order valence-corrected chi connectivity index (χ0v) is 11.9. The van der Waals surface area contributed by atoms with Crippen LogP contribution in [0.1, 0.15) is 43.0 Å². The third-order valence-electron chi connectivity index (χ3n) is 4.13. The summed E-state index contributed by atoms with van der Waals surface area (Å²) >= 11 is 0. The van der Waals surface area contributed by atoms with Crippen LogP contribution in [0.3, 0.4) is 0 Å². The Morgan fingerprint density at radius 2 is 1.79 bits per heavy atom. The highest BCUT2D eigenvalue weighted by molar-refractivity contribution is 5.98. The zero-order chi connectivity index (χ0) is 13.8. The van der Waals surface area contributed by atoms with Crippen LogP contribution in [0.2, 0.25) is 0 Å². The Hall–Kier alpha value is -1.51. The highest BCUT2D eigenvalue weighted by Crippen LogP contribution is 2.36. The predicted molar refractivity (Wildman–Crippen MR) is 75.0 cm³/mol. The van der Waals surface area contributed by atoms with Gasteiger partial charge in [-0.15, -0.1) is 0 Å². The molecule has 0 radical (unpaired) electrons. The van der Waals surface area contributed by atoms with Crippen LogP contribution in [0.25, 0.3) is 0 Å². The van der Waals surface area contributed by atoms with E-state index in [1.165, 1.54) is 12.8 Å². The van der Waals surface area contributed by atoms with E-state index in [1.54, 1.807) is 20.3 Å². The van der Waals surface area contributed by atoms with Gasteiger partial charge in [0.25, 0.3) is 0 Å². The van der Waals surface area contributed by atoms with Crippen molar-refractivity contribution in [3.05, 3.63) is 23.8 Å². The SMILES string of the molecule is CCC1CCC(C(=O)c2cc(OC)cc(OC)c2)C1. The van der Waals surface area contributed by atoms with E-state index in [2.05, 4.69) is 6.92 Å². The standard InChI is InChI=1S/C16H22O3/c1-4-11-5-6-12(7-11)16(17)13-8-14(18-2)10-15(9-13)19-3/h8-12H,4-7H2,1-3H3. The quantitative estimate of drug-likeness (QED) is 0.759. The van der Waals surface area contributed by atoms with Crippen LogP contribution in [0, 0.1) is 11.8 Å². The lowest BCUT2D eigenvalue weighted by Crippen LogP contribution is -2.12. The van der Waals surface area contributed by atoms with Gasteiger partial charge in [0, 0.05) is 17.5 Å². The van der Waals surface area contributed by atoms with Crippen molar-refractivity contribution in [2.75, 3.05) is 14.2 Å². The van der Waals surface area contributed by atoms with Crippen LogP contribution in [0.4, 0.5) is 0 Å². The first kappa shape index (κ1) is 13.9. The van der Waals surface area contributed by atoms with E-state index in [4.69, 9.17) is 9.47 Å². The number of methoxy groups -OCH3 is 2. The lowest BCUT2D eigenvalue weighted by Gasteiger charge is -2.12. The fourth-order valence-corrected chi connectivity index (χ4v) is 2.87. The number of rotatable bonds is 5. The molecule has 0 amide bonds. The third kappa shape index (κ3) is 3.09. The number of carbonyl (C=O) groups excluding carboxylic acids is 1. The van der Waals surface area contributed by atoms with E-state index in [1.807, 2.05) is 12.1 Å². The highest BCUT2D eigenvalue weighted by atomic mass is 16.5. The molecule has 2 atom stereocenters. The summed E-state index contributed by atoms with van der Waals surface area (Å²) in [6.07, 6.45) is 4.38. The first-order valence-electron chi connectivity index (χ1n) is 6.95. The monoisotopic (exact) mass is 262 g/mol. The predicted octanol–water partition coefficient (Wildman–Crippen LogP) is 3.71. The topological polar surface area (TPSA) is 35.5 Å². The summed E-state index contributed by atoms with van der Waals surface area (Å²) in [5.74, 6) is 2.46. The Kier molecular flexibility index (Phi) is 4.46. The van der Waals surface area contributed by atoms with Crippen molar-refractivity contribution in [3.63, 3.8) is 0 Å². The molecule has 2 unspecified atom stereocenters. The molecule has 1 aliphatic carbocycles. The van der Waals surface area contributed by atoms with E-state index < -0.39 is 0 Å². The van der Waals surface area contributed by atoms with E-state index in [0.717, 1.165) is 12.8 Å². The molecule has 0 spiro atoms. The highest BCUT2D eigenvalue weighted by Gasteiger charge is 2.29. The van der Waals surface area contributed by atoms with Crippen molar-refractivity contribution in [2.45, 2.75) is 32.6 Å². The summed E-state index contributed by atoms with van der Waals surface area (Å²) < 4.78 is 10.4. The zero-order valence-electron chi connectivity index (χ0n) is 11.9. The van der Waals surface area contributed by atoms with Crippen LogP contribution < -0.4 is 9.47 Å². The first-order valence-corrected chi connectivity index (χ1v) is 6.95. The van der Waals surface area contributed by atoms with Crippen molar-refractivity contribution in [1.82, 2.24) is 0 Å². The number of hydrogen-bond acceptors (Lipinski definition) is 3. The van der Waals surface area contributed by atoms with Crippen LogP contribution >= 0.6 is 0 Å². The first-order chi connectivity index (χ1) is 9.17. The molecule has 3 nitrogen and oxygen atoms in total. The van der Waals surface area contributed by atoms with E-state index in [9.17, 15) is 4.79 Å². The molecule has 3 heteroatoms. The lowest BCUT2D eigenvalue weighted by molar-refractivity contribution is 0.0919. The smallest absolute Gasteiger partial charge is 0.166 e. The second kappa shape index (κ2) is 6.09. The molecule has 0 bridgehead atoms. The maximum atomic E-state index is 12.5. The molecule has 0 aliphatic heterocycles. The van der Waals surface area contributed by atoms with Crippen molar-refractivity contribution in [1.29, 1.82) is 0 Å².